The number of unbranched alkanes of at least 4 members (excludes halogenated alkanes) is 1. The molecule has 4 nitrogen and oxygen atoms in total. The molecule has 0 saturated carbocycles. The van der Waals surface area contributed by atoms with Crippen molar-refractivity contribution in [1.29, 1.82) is 0 Å². The minimum Gasteiger partial charge on any atom is -0.508 e. The van der Waals surface area contributed by atoms with E-state index in [1.165, 1.54) is 6.42 Å². The molecule has 20 heavy (non-hydrogen) atoms. The minimum atomic E-state index is 0.297. The first-order valence-corrected chi connectivity index (χ1v) is 7.63. The van der Waals surface area contributed by atoms with Crippen LogP contribution in [-0.4, -0.2) is 47.4 Å². The van der Waals surface area contributed by atoms with Gasteiger partial charge in [0.2, 0.25) is 0 Å². The van der Waals surface area contributed by atoms with Crippen molar-refractivity contribution in [2.45, 2.75) is 38.3 Å². The van der Waals surface area contributed by atoms with Crippen LogP contribution in [0.4, 0.5) is 0 Å². The van der Waals surface area contributed by atoms with Gasteiger partial charge in [-0.1, -0.05) is 18.2 Å². The van der Waals surface area contributed by atoms with Gasteiger partial charge >= 0.3 is 0 Å². The minimum absolute atomic E-state index is 0.297. The van der Waals surface area contributed by atoms with E-state index in [2.05, 4.69) is 10.2 Å². The first kappa shape index (κ1) is 15.3. The summed E-state index contributed by atoms with van der Waals surface area (Å²) in [5, 5.41) is 22.3. The molecule has 3 N–H and O–H groups in total. The summed E-state index contributed by atoms with van der Waals surface area (Å²) in [6.45, 7) is 4.20. The number of hydrogen-bond donors (Lipinski definition) is 3. The Hall–Kier alpha value is -1.10. The van der Waals surface area contributed by atoms with Crippen LogP contribution >= 0.6 is 0 Å². The second kappa shape index (κ2) is 8.25. The fourth-order valence-corrected chi connectivity index (χ4v) is 2.84. The Kier molecular flexibility index (Phi) is 6.30. The Morgan fingerprint density at radius 1 is 1.25 bits per heavy atom. The van der Waals surface area contributed by atoms with Crippen molar-refractivity contribution in [3.63, 3.8) is 0 Å². The zero-order valence-electron chi connectivity index (χ0n) is 12.1. The Labute approximate surface area is 121 Å². The van der Waals surface area contributed by atoms with Crippen LogP contribution in [0.25, 0.3) is 0 Å². The molecular weight excluding hydrogens is 252 g/mol. The van der Waals surface area contributed by atoms with Crippen molar-refractivity contribution in [3.05, 3.63) is 29.8 Å². The van der Waals surface area contributed by atoms with Gasteiger partial charge in [0.1, 0.15) is 5.75 Å². The van der Waals surface area contributed by atoms with Gasteiger partial charge < -0.3 is 15.5 Å². The third-order valence-electron chi connectivity index (χ3n) is 4.07. The van der Waals surface area contributed by atoms with Crippen molar-refractivity contribution in [3.8, 4) is 5.75 Å². The SMILES string of the molecule is OCC1CCCN1CCCCNCc1ccccc1O. The van der Waals surface area contributed by atoms with Crippen molar-refractivity contribution in [1.82, 2.24) is 10.2 Å². The lowest BCUT2D eigenvalue weighted by Crippen LogP contribution is -2.33. The number of para-hydroxylation sites is 1. The van der Waals surface area contributed by atoms with E-state index >= 15 is 0 Å². The second-order valence-corrected chi connectivity index (χ2v) is 5.53. The molecule has 1 aromatic carbocycles. The van der Waals surface area contributed by atoms with E-state index < -0.39 is 0 Å². The maximum absolute atomic E-state index is 9.64. The highest BCUT2D eigenvalue weighted by atomic mass is 16.3. The second-order valence-electron chi connectivity index (χ2n) is 5.53. The number of hydrogen-bond acceptors (Lipinski definition) is 4. The fourth-order valence-electron chi connectivity index (χ4n) is 2.84. The van der Waals surface area contributed by atoms with Crippen molar-refractivity contribution >= 4 is 0 Å². The zero-order valence-corrected chi connectivity index (χ0v) is 12.1. The predicted octanol–water partition coefficient (Wildman–Crippen LogP) is 1.72. The Morgan fingerprint density at radius 3 is 2.90 bits per heavy atom. The van der Waals surface area contributed by atoms with Crippen LogP contribution in [0, 0.1) is 0 Å². The van der Waals surface area contributed by atoms with Crippen LogP contribution in [0.15, 0.2) is 24.3 Å². The summed E-state index contributed by atoms with van der Waals surface area (Å²) >= 11 is 0. The molecular formula is C16H26N2O2. The number of aliphatic hydroxyl groups is 1. The number of likely N-dealkylation sites (tertiary alicyclic amines) is 1. The lowest BCUT2D eigenvalue weighted by Gasteiger charge is -2.22. The Balaban J connectivity index is 1.55. The topological polar surface area (TPSA) is 55.7 Å². The van der Waals surface area contributed by atoms with E-state index in [4.69, 9.17) is 0 Å². The highest BCUT2D eigenvalue weighted by Gasteiger charge is 2.22. The molecule has 0 spiro atoms. The summed E-state index contributed by atoms with van der Waals surface area (Å²) in [5.74, 6) is 0.364. The van der Waals surface area contributed by atoms with Crippen molar-refractivity contribution < 1.29 is 10.2 Å². The summed E-state index contributed by atoms with van der Waals surface area (Å²) in [6, 6.07) is 7.84. The van der Waals surface area contributed by atoms with Gasteiger partial charge in [0.15, 0.2) is 0 Å². The van der Waals surface area contributed by atoms with Gasteiger partial charge in [0.25, 0.3) is 0 Å². The lowest BCUT2D eigenvalue weighted by atomic mass is 10.2. The molecule has 2 rings (SSSR count). The Morgan fingerprint density at radius 2 is 2.10 bits per heavy atom. The van der Waals surface area contributed by atoms with Crippen LogP contribution in [0.2, 0.25) is 0 Å². The van der Waals surface area contributed by atoms with Gasteiger partial charge in [-0.05, 0) is 51.4 Å². The molecule has 0 aromatic heterocycles. The third kappa shape index (κ3) is 4.47. The average molecular weight is 278 g/mol. The molecule has 4 heteroatoms. The molecule has 0 aliphatic carbocycles. The maximum atomic E-state index is 9.64. The molecule has 1 fully saturated rings. The summed E-state index contributed by atoms with van der Waals surface area (Å²) in [6.07, 6.45) is 4.64. The number of phenols is 1. The molecule has 1 aromatic rings. The molecule has 0 bridgehead atoms. The number of benzene rings is 1. The standard InChI is InChI=1S/C16H26N2O2/c19-13-15-7-5-11-18(15)10-4-3-9-17-12-14-6-1-2-8-16(14)20/h1-2,6,8,15,17,19-20H,3-5,7,9-13H2. The first-order valence-electron chi connectivity index (χ1n) is 7.63. The number of phenolic OH excluding ortho intramolecular Hbond substituents is 1. The van der Waals surface area contributed by atoms with E-state index in [1.807, 2.05) is 18.2 Å². The number of rotatable bonds is 8. The number of aliphatic hydroxyl groups excluding tert-OH is 1. The van der Waals surface area contributed by atoms with Crippen molar-refractivity contribution in [2.24, 2.45) is 0 Å². The van der Waals surface area contributed by atoms with Crippen LogP contribution in [0.3, 0.4) is 0 Å². The van der Waals surface area contributed by atoms with Gasteiger partial charge in [-0.3, -0.25) is 4.90 Å². The highest BCUT2D eigenvalue weighted by Crippen LogP contribution is 2.17. The number of nitrogens with one attached hydrogen (secondary N) is 1. The maximum Gasteiger partial charge on any atom is 0.120 e. The molecule has 1 unspecified atom stereocenters. The van der Waals surface area contributed by atoms with Gasteiger partial charge in [-0.25, -0.2) is 0 Å². The summed E-state index contributed by atoms with van der Waals surface area (Å²) in [4.78, 5) is 2.41. The average Bonchev–Trinajstić information content (AvgIpc) is 2.92. The molecule has 0 radical (unpaired) electrons. The summed E-state index contributed by atoms with van der Waals surface area (Å²) in [7, 11) is 0. The summed E-state index contributed by atoms with van der Waals surface area (Å²) < 4.78 is 0. The van der Waals surface area contributed by atoms with E-state index in [-0.39, 0.29) is 0 Å². The zero-order chi connectivity index (χ0) is 14.2. The van der Waals surface area contributed by atoms with Gasteiger partial charge in [0, 0.05) is 18.2 Å². The summed E-state index contributed by atoms with van der Waals surface area (Å²) in [5.41, 5.74) is 0.951. The Bertz CT molecular complexity index is 398. The molecule has 1 saturated heterocycles. The van der Waals surface area contributed by atoms with Gasteiger partial charge in [0.05, 0.1) is 6.61 Å². The van der Waals surface area contributed by atoms with Crippen LogP contribution in [0.1, 0.15) is 31.2 Å². The number of aromatic hydroxyl groups is 1. The largest absolute Gasteiger partial charge is 0.508 e. The predicted molar refractivity (Wildman–Crippen MR) is 80.7 cm³/mol. The smallest absolute Gasteiger partial charge is 0.120 e. The third-order valence-corrected chi connectivity index (χ3v) is 4.07. The monoisotopic (exact) mass is 278 g/mol. The fraction of sp³-hybridized carbons (Fsp3) is 0.625. The normalized spacial score (nSPS) is 19.6. The molecule has 112 valence electrons. The van der Waals surface area contributed by atoms with Crippen LogP contribution < -0.4 is 5.32 Å². The lowest BCUT2D eigenvalue weighted by molar-refractivity contribution is 0.157. The van der Waals surface area contributed by atoms with Gasteiger partial charge in [-0.2, -0.15) is 0 Å². The van der Waals surface area contributed by atoms with Gasteiger partial charge in [-0.15, -0.1) is 0 Å². The molecule has 1 aliphatic rings. The molecule has 1 heterocycles. The molecule has 1 aliphatic heterocycles. The van der Waals surface area contributed by atoms with E-state index in [0.29, 0.717) is 18.4 Å². The van der Waals surface area contributed by atoms with Crippen LogP contribution in [-0.2, 0) is 6.54 Å². The van der Waals surface area contributed by atoms with E-state index in [0.717, 1.165) is 51.0 Å². The first-order chi connectivity index (χ1) is 9.81. The van der Waals surface area contributed by atoms with E-state index in [9.17, 15) is 10.2 Å². The molecule has 1 atom stereocenters. The van der Waals surface area contributed by atoms with Crippen LogP contribution in [0.5, 0.6) is 5.75 Å². The van der Waals surface area contributed by atoms with Crippen molar-refractivity contribution in [2.75, 3.05) is 26.2 Å². The van der Waals surface area contributed by atoms with E-state index in [1.54, 1.807) is 6.07 Å². The quantitative estimate of drug-likeness (QED) is 0.634. The highest BCUT2D eigenvalue weighted by molar-refractivity contribution is 5.31. The molecule has 0 amide bonds. The number of nitrogens with zero attached hydrogens (tertiary/aromatic N) is 1.